The SMILES string of the molecule is CC(C)(C)OC(=O)N1CCN(C2(c3ncc(N=C(c4ccccc4)c4ccccc4)cn3)CC2)CC1. The molecule has 0 N–H and O–H groups in total. The van der Waals surface area contributed by atoms with Gasteiger partial charge in [0.1, 0.15) is 17.1 Å². The Hall–Kier alpha value is -3.58. The Labute approximate surface area is 212 Å². The minimum Gasteiger partial charge on any atom is -0.444 e. The molecule has 186 valence electrons. The van der Waals surface area contributed by atoms with Crippen LogP contribution in [0.4, 0.5) is 10.5 Å². The summed E-state index contributed by atoms with van der Waals surface area (Å²) in [6.07, 6.45) is 5.47. The molecule has 0 bridgehead atoms. The Kier molecular flexibility index (Phi) is 6.58. The quantitative estimate of drug-likeness (QED) is 0.467. The number of nitrogens with zero attached hydrogens (tertiary/aromatic N) is 5. The van der Waals surface area contributed by atoms with E-state index in [0.717, 1.165) is 54.3 Å². The van der Waals surface area contributed by atoms with Gasteiger partial charge in [-0.2, -0.15) is 0 Å². The second-order valence-corrected chi connectivity index (χ2v) is 10.4. The first-order valence-corrected chi connectivity index (χ1v) is 12.6. The van der Waals surface area contributed by atoms with Crippen LogP contribution in [0.25, 0.3) is 0 Å². The maximum atomic E-state index is 12.4. The number of hydrogen-bond acceptors (Lipinski definition) is 6. The Balaban J connectivity index is 1.31. The minimum absolute atomic E-state index is 0.135. The summed E-state index contributed by atoms with van der Waals surface area (Å²) in [6, 6.07) is 20.4. The normalized spacial score (nSPS) is 17.4. The highest BCUT2D eigenvalue weighted by atomic mass is 16.6. The van der Waals surface area contributed by atoms with Crippen molar-refractivity contribution in [2.24, 2.45) is 4.99 Å². The van der Waals surface area contributed by atoms with Crippen LogP contribution in [0.2, 0.25) is 0 Å². The molecular formula is C29H33N5O2. The highest BCUT2D eigenvalue weighted by molar-refractivity contribution is 6.13. The van der Waals surface area contributed by atoms with E-state index in [1.165, 1.54) is 0 Å². The van der Waals surface area contributed by atoms with Crippen molar-refractivity contribution in [2.75, 3.05) is 26.2 Å². The zero-order valence-electron chi connectivity index (χ0n) is 21.2. The van der Waals surface area contributed by atoms with Crippen LogP contribution in [0, 0.1) is 0 Å². The lowest BCUT2D eigenvalue weighted by molar-refractivity contribution is 0.00756. The number of aromatic nitrogens is 2. The van der Waals surface area contributed by atoms with E-state index in [1.54, 1.807) is 4.90 Å². The van der Waals surface area contributed by atoms with E-state index in [4.69, 9.17) is 19.7 Å². The molecule has 3 aromatic rings. The third-order valence-corrected chi connectivity index (χ3v) is 6.65. The predicted molar refractivity (Wildman–Crippen MR) is 141 cm³/mol. The van der Waals surface area contributed by atoms with Crippen molar-refractivity contribution < 1.29 is 9.53 Å². The highest BCUT2D eigenvalue weighted by Crippen LogP contribution is 2.49. The molecule has 2 fully saturated rings. The zero-order chi connectivity index (χ0) is 25.2. The minimum atomic E-state index is -0.481. The molecule has 2 heterocycles. The smallest absolute Gasteiger partial charge is 0.410 e. The number of amides is 1. The number of carbonyl (C=O) groups excluding carboxylic acids is 1. The average molecular weight is 484 g/mol. The molecule has 5 rings (SSSR count). The van der Waals surface area contributed by atoms with Crippen LogP contribution in [0.1, 0.15) is 50.6 Å². The molecule has 2 aromatic carbocycles. The van der Waals surface area contributed by atoms with E-state index in [9.17, 15) is 4.79 Å². The molecule has 1 saturated carbocycles. The molecule has 1 aliphatic heterocycles. The summed E-state index contributed by atoms with van der Waals surface area (Å²) in [5.74, 6) is 0.841. The summed E-state index contributed by atoms with van der Waals surface area (Å²) in [6.45, 7) is 8.56. The van der Waals surface area contributed by atoms with Crippen molar-refractivity contribution in [2.45, 2.75) is 44.8 Å². The molecule has 0 atom stereocenters. The summed E-state index contributed by atoms with van der Waals surface area (Å²) < 4.78 is 5.54. The lowest BCUT2D eigenvalue weighted by Crippen LogP contribution is -2.53. The molecule has 0 radical (unpaired) electrons. The van der Waals surface area contributed by atoms with Crippen LogP contribution in [0.5, 0.6) is 0 Å². The van der Waals surface area contributed by atoms with Crippen LogP contribution in [-0.4, -0.2) is 63.4 Å². The first kappa shape index (κ1) is 24.1. The zero-order valence-corrected chi connectivity index (χ0v) is 21.2. The molecule has 1 amide bonds. The van der Waals surface area contributed by atoms with Gasteiger partial charge >= 0.3 is 6.09 Å². The summed E-state index contributed by atoms with van der Waals surface area (Å²) >= 11 is 0. The molecule has 7 heteroatoms. The molecule has 7 nitrogen and oxygen atoms in total. The topological polar surface area (TPSA) is 70.9 Å². The van der Waals surface area contributed by atoms with Gasteiger partial charge < -0.3 is 9.64 Å². The molecule has 0 unspecified atom stereocenters. The molecule has 0 spiro atoms. The monoisotopic (exact) mass is 483 g/mol. The molecule has 2 aliphatic rings. The Morgan fingerprint density at radius 2 is 1.39 bits per heavy atom. The number of benzene rings is 2. The van der Waals surface area contributed by atoms with E-state index in [0.29, 0.717) is 13.1 Å². The fourth-order valence-corrected chi connectivity index (χ4v) is 4.68. The van der Waals surface area contributed by atoms with Crippen molar-refractivity contribution >= 4 is 17.5 Å². The molecular weight excluding hydrogens is 450 g/mol. The summed E-state index contributed by atoms with van der Waals surface area (Å²) in [5, 5.41) is 0. The first-order chi connectivity index (χ1) is 17.3. The lowest BCUT2D eigenvalue weighted by atomic mass is 10.0. The molecule has 1 aliphatic carbocycles. The van der Waals surface area contributed by atoms with Gasteiger partial charge in [0.2, 0.25) is 0 Å². The molecule has 1 aromatic heterocycles. The summed E-state index contributed by atoms with van der Waals surface area (Å²) in [5.41, 5.74) is 3.11. The van der Waals surface area contributed by atoms with Gasteiger partial charge in [0.15, 0.2) is 0 Å². The fourth-order valence-electron chi connectivity index (χ4n) is 4.68. The van der Waals surface area contributed by atoms with Crippen molar-refractivity contribution in [1.82, 2.24) is 19.8 Å². The van der Waals surface area contributed by atoms with Gasteiger partial charge in [-0.15, -0.1) is 0 Å². The van der Waals surface area contributed by atoms with Crippen LogP contribution in [0.15, 0.2) is 78.0 Å². The fraction of sp³-hybridized carbons (Fsp3) is 0.379. The average Bonchev–Trinajstić information content (AvgIpc) is 3.70. The third kappa shape index (κ3) is 5.31. The van der Waals surface area contributed by atoms with E-state index < -0.39 is 5.60 Å². The largest absolute Gasteiger partial charge is 0.444 e. The highest BCUT2D eigenvalue weighted by Gasteiger charge is 2.52. The Morgan fingerprint density at radius 1 is 0.861 bits per heavy atom. The van der Waals surface area contributed by atoms with Crippen molar-refractivity contribution in [3.05, 3.63) is 90.0 Å². The maximum Gasteiger partial charge on any atom is 0.410 e. The van der Waals surface area contributed by atoms with Gasteiger partial charge in [-0.3, -0.25) is 4.90 Å². The number of piperazine rings is 1. The van der Waals surface area contributed by atoms with Gasteiger partial charge in [0.05, 0.1) is 23.6 Å². The molecule has 36 heavy (non-hydrogen) atoms. The number of rotatable bonds is 5. The third-order valence-electron chi connectivity index (χ3n) is 6.65. The number of ether oxygens (including phenoxy) is 1. The Bertz CT molecular complexity index is 1170. The van der Waals surface area contributed by atoms with Gasteiger partial charge in [-0.1, -0.05) is 60.7 Å². The first-order valence-electron chi connectivity index (χ1n) is 12.6. The van der Waals surface area contributed by atoms with Crippen LogP contribution < -0.4 is 0 Å². The lowest BCUT2D eigenvalue weighted by Gasteiger charge is -2.39. The predicted octanol–water partition coefficient (Wildman–Crippen LogP) is 5.19. The maximum absolute atomic E-state index is 12.4. The van der Waals surface area contributed by atoms with Crippen LogP contribution >= 0.6 is 0 Å². The van der Waals surface area contributed by atoms with Gasteiger partial charge in [-0.05, 0) is 33.6 Å². The van der Waals surface area contributed by atoms with Crippen molar-refractivity contribution in [1.29, 1.82) is 0 Å². The van der Waals surface area contributed by atoms with Crippen molar-refractivity contribution in [3.8, 4) is 0 Å². The number of hydrogen-bond donors (Lipinski definition) is 0. The van der Waals surface area contributed by atoms with Gasteiger partial charge in [0, 0.05) is 37.3 Å². The van der Waals surface area contributed by atoms with Crippen LogP contribution in [0.3, 0.4) is 0 Å². The van der Waals surface area contributed by atoms with E-state index in [-0.39, 0.29) is 11.6 Å². The summed E-state index contributed by atoms with van der Waals surface area (Å²) in [4.78, 5) is 31.1. The number of aliphatic imine (C=N–C) groups is 1. The second-order valence-electron chi connectivity index (χ2n) is 10.4. The molecule has 1 saturated heterocycles. The van der Waals surface area contributed by atoms with Crippen molar-refractivity contribution in [3.63, 3.8) is 0 Å². The van der Waals surface area contributed by atoms with E-state index in [1.807, 2.05) is 69.6 Å². The van der Waals surface area contributed by atoms with Gasteiger partial charge in [0.25, 0.3) is 0 Å². The Morgan fingerprint density at radius 3 is 1.86 bits per heavy atom. The summed E-state index contributed by atoms with van der Waals surface area (Å²) in [7, 11) is 0. The second kappa shape index (κ2) is 9.82. The van der Waals surface area contributed by atoms with E-state index in [2.05, 4.69) is 29.2 Å². The van der Waals surface area contributed by atoms with Gasteiger partial charge in [-0.25, -0.2) is 19.8 Å². The standard InChI is InChI=1S/C29H33N5O2/c1-28(2,3)36-27(35)33-16-18-34(19-17-33)29(14-15-29)26-30-20-24(21-31-26)32-25(22-10-6-4-7-11-22)23-12-8-5-9-13-23/h4-13,20-21H,14-19H2,1-3H3. The van der Waals surface area contributed by atoms with E-state index >= 15 is 0 Å². The number of carbonyl (C=O) groups is 1. The van der Waals surface area contributed by atoms with Crippen LogP contribution in [-0.2, 0) is 10.3 Å².